The number of benzene rings is 1. The van der Waals surface area contributed by atoms with Gasteiger partial charge in [0, 0.05) is 5.38 Å². The number of fused-ring (bicyclic) bond motifs is 1. The van der Waals surface area contributed by atoms with Crippen LogP contribution in [-0.2, 0) is 0 Å². The largest absolute Gasteiger partial charge is 0.493 e. The second-order valence-corrected chi connectivity index (χ2v) is 5.81. The summed E-state index contributed by atoms with van der Waals surface area (Å²) in [5.41, 5.74) is 1.39. The molecule has 1 aliphatic rings. The van der Waals surface area contributed by atoms with Crippen molar-refractivity contribution >= 4 is 11.6 Å². The third-order valence-corrected chi connectivity index (χ3v) is 4.19. The molecule has 2 rings (SSSR count). The van der Waals surface area contributed by atoms with E-state index in [0.717, 1.165) is 31.6 Å². The van der Waals surface area contributed by atoms with Gasteiger partial charge in [0.15, 0.2) is 0 Å². The summed E-state index contributed by atoms with van der Waals surface area (Å²) in [6, 6.07) is 8.46. The van der Waals surface area contributed by atoms with E-state index in [0.29, 0.717) is 11.3 Å². The van der Waals surface area contributed by atoms with Gasteiger partial charge >= 0.3 is 0 Å². The molecule has 0 aromatic heterocycles. The van der Waals surface area contributed by atoms with E-state index >= 15 is 0 Å². The zero-order valence-corrected chi connectivity index (χ0v) is 12.0. The monoisotopic (exact) mass is 266 g/mol. The standard InChI is InChI=1S/C16H23ClO/c1-2-6-14(17)8-5-7-13-11-12-18-16-10-4-3-9-15(13)16/h3-4,9-10,13-14H,2,5-8,11-12H2,1H3. The van der Waals surface area contributed by atoms with Crippen LogP contribution in [0, 0.1) is 0 Å². The number of para-hydroxylation sites is 1. The summed E-state index contributed by atoms with van der Waals surface area (Å²) in [5.74, 6) is 1.75. The topological polar surface area (TPSA) is 9.23 Å². The summed E-state index contributed by atoms with van der Waals surface area (Å²) >= 11 is 6.27. The van der Waals surface area contributed by atoms with E-state index < -0.39 is 0 Å². The molecule has 1 aromatic carbocycles. The summed E-state index contributed by atoms with van der Waals surface area (Å²) in [6.45, 7) is 3.06. The van der Waals surface area contributed by atoms with Crippen LogP contribution in [-0.4, -0.2) is 12.0 Å². The van der Waals surface area contributed by atoms with Crippen molar-refractivity contribution in [2.24, 2.45) is 0 Å². The molecule has 0 saturated carbocycles. The fourth-order valence-corrected chi connectivity index (χ4v) is 3.13. The molecule has 2 heteroatoms. The lowest BCUT2D eigenvalue weighted by Crippen LogP contribution is -2.14. The Labute approximate surface area is 115 Å². The molecule has 1 nitrogen and oxygen atoms in total. The number of ether oxygens (including phenoxy) is 1. The molecule has 0 N–H and O–H groups in total. The highest BCUT2D eigenvalue weighted by Crippen LogP contribution is 2.36. The minimum absolute atomic E-state index is 0.366. The van der Waals surface area contributed by atoms with Gasteiger partial charge in [0.2, 0.25) is 0 Å². The first-order valence-corrected chi connectivity index (χ1v) is 7.60. The zero-order valence-electron chi connectivity index (χ0n) is 11.2. The van der Waals surface area contributed by atoms with E-state index in [-0.39, 0.29) is 0 Å². The Morgan fingerprint density at radius 1 is 1.33 bits per heavy atom. The van der Waals surface area contributed by atoms with Gasteiger partial charge in [-0.3, -0.25) is 0 Å². The van der Waals surface area contributed by atoms with Crippen molar-refractivity contribution in [2.45, 2.75) is 56.7 Å². The van der Waals surface area contributed by atoms with Crippen molar-refractivity contribution in [3.8, 4) is 5.75 Å². The average Bonchev–Trinajstić information content (AvgIpc) is 2.39. The lowest BCUT2D eigenvalue weighted by Gasteiger charge is -2.26. The zero-order chi connectivity index (χ0) is 12.8. The average molecular weight is 267 g/mol. The molecule has 2 atom stereocenters. The molecule has 2 unspecified atom stereocenters. The van der Waals surface area contributed by atoms with Gasteiger partial charge < -0.3 is 4.74 Å². The highest BCUT2D eigenvalue weighted by molar-refractivity contribution is 6.20. The quantitative estimate of drug-likeness (QED) is 0.649. The van der Waals surface area contributed by atoms with Gasteiger partial charge in [-0.1, -0.05) is 38.0 Å². The van der Waals surface area contributed by atoms with Crippen LogP contribution in [0.2, 0.25) is 0 Å². The van der Waals surface area contributed by atoms with E-state index in [1.54, 1.807) is 0 Å². The van der Waals surface area contributed by atoms with Crippen LogP contribution in [0.1, 0.15) is 56.9 Å². The predicted molar refractivity (Wildman–Crippen MR) is 77.7 cm³/mol. The third-order valence-electron chi connectivity index (χ3n) is 3.75. The number of alkyl halides is 1. The highest BCUT2D eigenvalue weighted by Gasteiger charge is 2.20. The van der Waals surface area contributed by atoms with Crippen molar-refractivity contribution in [1.29, 1.82) is 0 Å². The predicted octanol–water partition coefficient (Wildman–Crippen LogP) is 5.13. The molecule has 0 bridgehead atoms. The van der Waals surface area contributed by atoms with Gasteiger partial charge in [0.25, 0.3) is 0 Å². The number of hydrogen-bond acceptors (Lipinski definition) is 1. The van der Waals surface area contributed by atoms with E-state index in [9.17, 15) is 0 Å². The maximum absolute atomic E-state index is 6.27. The van der Waals surface area contributed by atoms with Crippen molar-refractivity contribution in [3.05, 3.63) is 29.8 Å². The molecular weight excluding hydrogens is 244 g/mol. The van der Waals surface area contributed by atoms with Gasteiger partial charge in [-0.25, -0.2) is 0 Å². The van der Waals surface area contributed by atoms with Crippen LogP contribution < -0.4 is 4.74 Å². The first kappa shape index (κ1) is 13.7. The lowest BCUT2D eigenvalue weighted by molar-refractivity contribution is 0.261. The first-order chi connectivity index (χ1) is 8.81. The number of rotatable bonds is 6. The van der Waals surface area contributed by atoms with E-state index in [4.69, 9.17) is 16.3 Å². The van der Waals surface area contributed by atoms with Gasteiger partial charge in [-0.2, -0.15) is 0 Å². The number of halogens is 1. The molecule has 1 aliphatic heterocycles. The molecule has 0 fully saturated rings. The normalized spacial score (nSPS) is 20.0. The molecular formula is C16H23ClO. The van der Waals surface area contributed by atoms with Gasteiger partial charge in [0.1, 0.15) is 5.75 Å². The summed E-state index contributed by atoms with van der Waals surface area (Å²) in [5, 5.41) is 0.366. The van der Waals surface area contributed by atoms with Gasteiger partial charge in [-0.15, -0.1) is 11.6 Å². The van der Waals surface area contributed by atoms with Crippen LogP contribution in [0.15, 0.2) is 24.3 Å². The van der Waals surface area contributed by atoms with E-state index in [1.165, 1.54) is 24.8 Å². The van der Waals surface area contributed by atoms with Crippen molar-refractivity contribution in [2.75, 3.05) is 6.61 Å². The summed E-state index contributed by atoms with van der Waals surface area (Å²) in [6.07, 6.45) is 7.10. The number of hydrogen-bond donors (Lipinski definition) is 0. The Kier molecular flexibility index (Phi) is 5.37. The first-order valence-electron chi connectivity index (χ1n) is 7.17. The molecule has 18 heavy (non-hydrogen) atoms. The fourth-order valence-electron chi connectivity index (χ4n) is 2.76. The fraction of sp³-hybridized carbons (Fsp3) is 0.625. The molecule has 0 aliphatic carbocycles. The van der Waals surface area contributed by atoms with Crippen LogP contribution in [0.3, 0.4) is 0 Å². The highest BCUT2D eigenvalue weighted by atomic mass is 35.5. The smallest absolute Gasteiger partial charge is 0.122 e. The lowest BCUT2D eigenvalue weighted by atomic mass is 9.88. The summed E-state index contributed by atoms with van der Waals surface area (Å²) in [7, 11) is 0. The molecule has 1 heterocycles. The molecule has 100 valence electrons. The van der Waals surface area contributed by atoms with E-state index in [2.05, 4.69) is 31.2 Å². The van der Waals surface area contributed by atoms with Crippen molar-refractivity contribution in [3.63, 3.8) is 0 Å². The van der Waals surface area contributed by atoms with Crippen LogP contribution in [0.25, 0.3) is 0 Å². The van der Waals surface area contributed by atoms with Crippen LogP contribution in [0.5, 0.6) is 5.75 Å². The van der Waals surface area contributed by atoms with Gasteiger partial charge in [-0.05, 0) is 43.2 Å². The maximum atomic E-state index is 6.27. The Balaban J connectivity index is 1.84. The van der Waals surface area contributed by atoms with Crippen LogP contribution in [0.4, 0.5) is 0 Å². The molecule has 1 aromatic rings. The van der Waals surface area contributed by atoms with Crippen molar-refractivity contribution < 1.29 is 4.74 Å². The SMILES string of the molecule is CCCC(Cl)CCCC1CCOc2ccccc21. The molecule has 0 radical (unpaired) electrons. The Hall–Kier alpha value is -0.690. The minimum Gasteiger partial charge on any atom is -0.493 e. The maximum Gasteiger partial charge on any atom is 0.122 e. The van der Waals surface area contributed by atoms with E-state index in [1.807, 2.05) is 0 Å². The third kappa shape index (κ3) is 3.65. The minimum atomic E-state index is 0.366. The Bertz CT molecular complexity index is 364. The molecule has 0 amide bonds. The molecule has 0 spiro atoms. The summed E-state index contributed by atoms with van der Waals surface area (Å²) in [4.78, 5) is 0. The van der Waals surface area contributed by atoms with Crippen LogP contribution >= 0.6 is 11.6 Å². The Morgan fingerprint density at radius 2 is 2.17 bits per heavy atom. The summed E-state index contributed by atoms with van der Waals surface area (Å²) < 4.78 is 5.69. The second-order valence-electron chi connectivity index (χ2n) is 5.19. The molecule has 0 saturated heterocycles. The van der Waals surface area contributed by atoms with Crippen molar-refractivity contribution in [1.82, 2.24) is 0 Å². The van der Waals surface area contributed by atoms with Gasteiger partial charge in [0.05, 0.1) is 6.61 Å². The second kappa shape index (κ2) is 7.04. The Morgan fingerprint density at radius 3 is 3.00 bits per heavy atom.